The molecule has 9 nitrogen and oxygen atoms in total. The van der Waals surface area contributed by atoms with Gasteiger partial charge in [-0.15, -0.1) is 0 Å². The molecule has 0 bridgehead atoms. The second kappa shape index (κ2) is 9.92. The number of carboxylic acid groups (broad SMARTS) is 1. The van der Waals surface area contributed by atoms with Crippen molar-refractivity contribution in [2.24, 2.45) is 10.5 Å². The van der Waals surface area contributed by atoms with Crippen LogP contribution in [0.1, 0.15) is 26.7 Å². The fraction of sp³-hybridized carbons (Fsp3) is 0.800. The highest BCUT2D eigenvalue weighted by Crippen LogP contribution is 1.99. The van der Waals surface area contributed by atoms with Gasteiger partial charge in [-0.2, -0.15) is 0 Å². The molecule has 0 fully saturated rings. The zero-order valence-corrected chi connectivity index (χ0v) is 11.2. The Labute approximate surface area is 111 Å². The van der Waals surface area contributed by atoms with Gasteiger partial charge in [-0.3, -0.25) is 9.80 Å². The Balaban J connectivity index is 3.75. The first-order valence-corrected chi connectivity index (χ1v) is 5.78. The quantitative estimate of drug-likeness (QED) is 0.295. The van der Waals surface area contributed by atoms with Crippen LogP contribution < -0.4 is 0 Å². The lowest BCUT2D eigenvalue weighted by Crippen LogP contribution is -2.18. The largest absolute Gasteiger partial charge is 0.511 e. The van der Waals surface area contributed by atoms with E-state index in [-0.39, 0.29) is 13.0 Å². The number of carbonyl (C=O) groups is 2. The van der Waals surface area contributed by atoms with Crippen LogP contribution in [0.15, 0.2) is 10.5 Å². The van der Waals surface area contributed by atoms with Crippen molar-refractivity contribution in [2.75, 3.05) is 20.2 Å². The third kappa shape index (κ3) is 10.8. The van der Waals surface area contributed by atoms with Gasteiger partial charge in [0, 0.05) is 32.2 Å². The molecule has 1 atom stereocenters. The maximum absolute atomic E-state index is 10.9. The molecule has 0 amide bonds. The second-order valence-electron chi connectivity index (χ2n) is 3.52. The van der Waals surface area contributed by atoms with Crippen LogP contribution in [0, 0.1) is 0 Å². The average Bonchev–Trinajstić information content (AvgIpc) is 2.28. The summed E-state index contributed by atoms with van der Waals surface area (Å²) in [5.41, 5.74) is 0. The van der Waals surface area contributed by atoms with Crippen molar-refractivity contribution >= 4 is 12.1 Å². The fourth-order valence-electron chi connectivity index (χ4n) is 0.963. The molecular formula is C10H19N3O6. The van der Waals surface area contributed by atoms with E-state index in [1.807, 2.05) is 0 Å². The van der Waals surface area contributed by atoms with Gasteiger partial charge in [0.25, 0.3) is 6.29 Å². The standard InChI is InChI=1S/C10H19N3O6/c1-4-17-10(16)18-8(2)19-12-11-13(3)7-5-6-9(14)15/h8H,4-7H2,1-3H3,(H,14,15). The summed E-state index contributed by atoms with van der Waals surface area (Å²) in [4.78, 5) is 25.9. The van der Waals surface area contributed by atoms with Crippen molar-refractivity contribution in [1.82, 2.24) is 5.01 Å². The highest BCUT2D eigenvalue weighted by molar-refractivity contribution is 5.66. The van der Waals surface area contributed by atoms with Gasteiger partial charge in [0.2, 0.25) is 0 Å². The SMILES string of the molecule is CCOC(=O)OC(C)ON=NN(C)CCCC(=O)O. The monoisotopic (exact) mass is 277 g/mol. The van der Waals surface area contributed by atoms with Crippen LogP contribution in [0.2, 0.25) is 0 Å². The molecule has 9 heteroatoms. The van der Waals surface area contributed by atoms with E-state index in [1.165, 1.54) is 11.9 Å². The summed E-state index contributed by atoms with van der Waals surface area (Å²) in [6.07, 6.45) is -1.27. The molecule has 0 heterocycles. The summed E-state index contributed by atoms with van der Waals surface area (Å²) in [5, 5.41) is 16.8. The van der Waals surface area contributed by atoms with E-state index >= 15 is 0 Å². The number of ether oxygens (including phenoxy) is 2. The van der Waals surface area contributed by atoms with Crippen molar-refractivity contribution in [2.45, 2.75) is 33.0 Å². The molecule has 0 aromatic rings. The third-order valence-electron chi connectivity index (χ3n) is 1.78. The number of carbonyl (C=O) groups excluding carboxylic acids is 1. The smallest absolute Gasteiger partial charge is 0.481 e. The summed E-state index contributed by atoms with van der Waals surface area (Å²) in [5.74, 6) is -0.863. The Morgan fingerprint density at radius 2 is 2.11 bits per heavy atom. The molecular weight excluding hydrogens is 258 g/mol. The lowest BCUT2D eigenvalue weighted by Gasteiger charge is -2.11. The molecule has 0 saturated heterocycles. The fourth-order valence-corrected chi connectivity index (χ4v) is 0.963. The predicted octanol–water partition coefficient (Wildman–Crippen LogP) is 1.60. The molecule has 0 rings (SSSR count). The van der Waals surface area contributed by atoms with E-state index in [4.69, 9.17) is 9.94 Å². The first kappa shape index (κ1) is 16.9. The molecule has 1 N–H and O–H groups in total. The number of hydrogen-bond donors (Lipinski definition) is 1. The van der Waals surface area contributed by atoms with E-state index in [2.05, 4.69) is 20.0 Å². The minimum atomic E-state index is -0.921. The highest BCUT2D eigenvalue weighted by Gasteiger charge is 2.10. The van der Waals surface area contributed by atoms with Gasteiger partial charge in [-0.05, 0) is 18.6 Å². The van der Waals surface area contributed by atoms with Crippen molar-refractivity contribution in [3.63, 3.8) is 0 Å². The Hall–Kier alpha value is -2.06. The predicted molar refractivity (Wildman–Crippen MR) is 63.0 cm³/mol. The van der Waals surface area contributed by atoms with Gasteiger partial charge in [0.15, 0.2) is 0 Å². The van der Waals surface area contributed by atoms with Crippen LogP contribution >= 0.6 is 0 Å². The zero-order valence-electron chi connectivity index (χ0n) is 11.2. The van der Waals surface area contributed by atoms with Crippen molar-refractivity contribution in [3.05, 3.63) is 0 Å². The molecule has 0 aliphatic rings. The zero-order chi connectivity index (χ0) is 14.7. The molecule has 110 valence electrons. The minimum absolute atomic E-state index is 0.0586. The third-order valence-corrected chi connectivity index (χ3v) is 1.78. The van der Waals surface area contributed by atoms with Crippen molar-refractivity contribution in [3.8, 4) is 0 Å². The van der Waals surface area contributed by atoms with Crippen LogP contribution in [0.3, 0.4) is 0 Å². The van der Waals surface area contributed by atoms with Crippen LogP contribution in [-0.2, 0) is 19.1 Å². The summed E-state index contributed by atoms with van der Waals surface area (Å²) in [7, 11) is 1.62. The lowest BCUT2D eigenvalue weighted by atomic mass is 10.3. The Morgan fingerprint density at radius 3 is 2.68 bits per heavy atom. The molecule has 0 saturated carbocycles. The van der Waals surface area contributed by atoms with E-state index in [1.54, 1.807) is 14.0 Å². The van der Waals surface area contributed by atoms with Crippen LogP contribution in [0.5, 0.6) is 0 Å². The molecule has 0 radical (unpaired) electrons. The van der Waals surface area contributed by atoms with Crippen LogP contribution in [-0.4, -0.2) is 48.7 Å². The Bertz CT molecular complexity index is 310. The number of carboxylic acids is 1. The van der Waals surface area contributed by atoms with E-state index in [0.717, 1.165) is 0 Å². The normalized spacial score (nSPS) is 11.9. The molecule has 0 aromatic heterocycles. The van der Waals surface area contributed by atoms with E-state index < -0.39 is 18.4 Å². The number of rotatable bonds is 9. The molecule has 0 aliphatic carbocycles. The van der Waals surface area contributed by atoms with Gasteiger partial charge >= 0.3 is 12.1 Å². The molecule has 0 aliphatic heterocycles. The second-order valence-corrected chi connectivity index (χ2v) is 3.52. The summed E-state index contributed by atoms with van der Waals surface area (Å²) >= 11 is 0. The van der Waals surface area contributed by atoms with E-state index in [9.17, 15) is 9.59 Å². The molecule has 19 heavy (non-hydrogen) atoms. The maximum Gasteiger partial charge on any atom is 0.511 e. The molecule has 1 unspecified atom stereocenters. The summed E-state index contributed by atoms with van der Waals surface area (Å²) in [6.45, 7) is 3.74. The first-order chi connectivity index (χ1) is 8.95. The van der Waals surface area contributed by atoms with Crippen LogP contribution in [0.25, 0.3) is 0 Å². The van der Waals surface area contributed by atoms with E-state index in [0.29, 0.717) is 13.0 Å². The van der Waals surface area contributed by atoms with Gasteiger partial charge < -0.3 is 19.4 Å². The van der Waals surface area contributed by atoms with Gasteiger partial charge in [0.05, 0.1) is 6.61 Å². The van der Waals surface area contributed by atoms with Gasteiger partial charge in [0.1, 0.15) is 0 Å². The summed E-state index contributed by atoms with van der Waals surface area (Å²) in [6, 6.07) is 0. The van der Waals surface area contributed by atoms with Gasteiger partial charge in [-0.1, -0.05) is 0 Å². The number of aliphatic carboxylic acids is 1. The Morgan fingerprint density at radius 1 is 1.42 bits per heavy atom. The Kier molecular flexibility index (Phi) is 8.84. The molecule has 0 aromatic carbocycles. The van der Waals surface area contributed by atoms with Crippen molar-refractivity contribution < 1.29 is 29.0 Å². The minimum Gasteiger partial charge on any atom is -0.481 e. The number of nitrogens with zero attached hydrogens (tertiary/aromatic N) is 3. The maximum atomic E-state index is 10.9. The molecule has 0 spiro atoms. The van der Waals surface area contributed by atoms with Crippen molar-refractivity contribution in [1.29, 1.82) is 0 Å². The number of hydrogen-bond acceptors (Lipinski definition) is 7. The topological polar surface area (TPSA) is 110 Å². The van der Waals surface area contributed by atoms with Gasteiger partial charge in [-0.25, -0.2) is 4.79 Å². The van der Waals surface area contributed by atoms with Crippen LogP contribution in [0.4, 0.5) is 4.79 Å². The summed E-state index contributed by atoms with van der Waals surface area (Å²) < 4.78 is 9.19. The first-order valence-electron chi connectivity index (χ1n) is 5.78. The lowest BCUT2D eigenvalue weighted by molar-refractivity contribution is -0.137. The highest BCUT2D eigenvalue weighted by atomic mass is 16.8. The average molecular weight is 277 g/mol.